The summed E-state index contributed by atoms with van der Waals surface area (Å²) in [6, 6.07) is 20.3. The van der Waals surface area contributed by atoms with Crippen LogP contribution < -0.4 is 10.5 Å². The number of benzene rings is 3. The van der Waals surface area contributed by atoms with Gasteiger partial charge in [-0.2, -0.15) is 0 Å². The number of hydrogen-bond donors (Lipinski definition) is 1. The normalized spacial score (nSPS) is 11.4. The number of nitrogens with zero attached hydrogens (tertiary/aromatic N) is 1. The molecular formula is C24H24N2O2. The molecule has 4 nitrogen and oxygen atoms in total. The lowest BCUT2D eigenvalue weighted by atomic mass is 10.00. The number of carbonyl (C=O) groups is 1. The Morgan fingerprint density at radius 1 is 1.04 bits per heavy atom. The van der Waals surface area contributed by atoms with Gasteiger partial charge in [0.1, 0.15) is 5.75 Å². The first-order chi connectivity index (χ1) is 13.5. The van der Waals surface area contributed by atoms with Gasteiger partial charge in [-0.15, -0.1) is 0 Å². The molecule has 4 aromatic rings. The summed E-state index contributed by atoms with van der Waals surface area (Å²) in [6.45, 7) is 5.05. The summed E-state index contributed by atoms with van der Waals surface area (Å²) < 4.78 is 7.64. The van der Waals surface area contributed by atoms with Crippen molar-refractivity contribution in [1.82, 2.24) is 4.57 Å². The Morgan fingerprint density at radius 3 is 2.54 bits per heavy atom. The zero-order valence-electron chi connectivity index (χ0n) is 16.4. The third-order valence-corrected chi connectivity index (χ3v) is 5.32. The number of hydrogen-bond acceptors (Lipinski definition) is 2. The van der Waals surface area contributed by atoms with Crippen molar-refractivity contribution in [2.75, 3.05) is 7.11 Å². The Labute approximate surface area is 164 Å². The molecule has 1 aromatic heterocycles. The molecule has 0 radical (unpaired) electrons. The molecular weight excluding hydrogens is 348 g/mol. The second kappa shape index (κ2) is 7.04. The van der Waals surface area contributed by atoms with Gasteiger partial charge in [0.25, 0.3) is 0 Å². The molecule has 0 fully saturated rings. The number of primary amides is 1. The molecule has 0 saturated carbocycles. The minimum Gasteiger partial charge on any atom is -0.497 e. The van der Waals surface area contributed by atoms with Crippen molar-refractivity contribution >= 4 is 27.7 Å². The molecule has 0 spiro atoms. The van der Waals surface area contributed by atoms with Gasteiger partial charge in [-0.05, 0) is 47.4 Å². The zero-order valence-corrected chi connectivity index (χ0v) is 16.4. The van der Waals surface area contributed by atoms with Gasteiger partial charge in [0.15, 0.2) is 0 Å². The highest BCUT2D eigenvalue weighted by atomic mass is 16.5. The zero-order chi connectivity index (χ0) is 19.8. The Bertz CT molecular complexity index is 1190. The number of aromatic nitrogens is 1. The number of fused-ring (bicyclic) bond motifs is 3. The monoisotopic (exact) mass is 372 g/mol. The van der Waals surface area contributed by atoms with Crippen LogP contribution in [0.4, 0.5) is 0 Å². The second-order valence-corrected chi connectivity index (χ2v) is 7.43. The lowest BCUT2D eigenvalue weighted by Gasteiger charge is -2.11. The van der Waals surface area contributed by atoms with Gasteiger partial charge in [0.05, 0.1) is 12.6 Å². The van der Waals surface area contributed by atoms with E-state index in [1.807, 2.05) is 24.3 Å². The summed E-state index contributed by atoms with van der Waals surface area (Å²) in [5, 5.41) is 1.97. The summed E-state index contributed by atoms with van der Waals surface area (Å²) in [7, 11) is 1.67. The molecule has 0 bridgehead atoms. The van der Waals surface area contributed by atoms with Crippen molar-refractivity contribution in [3.8, 4) is 5.75 Å². The molecule has 4 rings (SSSR count). The van der Waals surface area contributed by atoms with Crippen LogP contribution >= 0.6 is 0 Å². The number of methoxy groups -OCH3 is 1. The Kier molecular flexibility index (Phi) is 4.55. The SMILES string of the molecule is COc1cccc(Cn2c3cc(C(C)C)ccc3c3c(C(N)=O)cccc32)c1. The Balaban J connectivity index is 2.02. The summed E-state index contributed by atoms with van der Waals surface area (Å²) in [5.74, 6) is 0.848. The van der Waals surface area contributed by atoms with Crippen LogP contribution in [0, 0.1) is 0 Å². The first-order valence-electron chi connectivity index (χ1n) is 9.47. The van der Waals surface area contributed by atoms with E-state index in [1.54, 1.807) is 13.2 Å². The van der Waals surface area contributed by atoms with Gasteiger partial charge in [0.2, 0.25) is 5.91 Å². The Hall–Kier alpha value is -3.27. The van der Waals surface area contributed by atoms with Gasteiger partial charge >= 0.3 is 0 Å². The van der Waals surface area contributed by atoms with E-state index in [1.165, 1.54) is 5.56 Å². The number of carbonyl (C=O) groups excluding carboxylic acids is 1. The van der Waals surface area contributed by atoms with Crippen molar-refractivity contribution < 1.29 is 9.53 Å². The molecule has 28 heavy (non-hydrogen) atoms. The largest absolute Gasteiger partial charge is 0.497 e. The predicted octanol–water partition coefficient (Wildman–Crippen LogP) is 5.07. The smallest absolute Gasteiger partial charge is 0.249 e. The van der Waals surface area contributed by atoms with E-state index in [2.05, 4.69) is 48.7 Å². The van der Waals surface area contributed by atoms with E-state index in [4.69, 9.17) is 10.5 Å². The van der Waals surface area contributed by atoms with Gasteiger partial charge in [-0.25, -0.2) is 0 Å². The first kappa shape index (κ1) is 18.1. The lowest BCUT2D eigenvalue weighted by molar-refractivity contribution is 0.100. The lowest BCUT2D eigenvalue weighted by Crippen LogP contribution is -2.11. The van der Waals surface area contributed by atoms with Crippen LogP contribution in [0.1, 0.15) is 41.3 Å². The first-order valence-corrected chi connectivity index (χ1v) is 9.47. The van der Waals surface area contributed by atoms with Crippen molar-refractivity contribution in [2.45, 2.75) is 26.3 Å². The van der Waals surface area contributed by atoms with E-state index in [9.17, 15) is 4.79 Å². The quantitative estimate of drug-likeness (QED) is 0.531. The fourth-order valence-corrected chi connectivity index (χ4v) is 3.85. The highest BCUT2D eigenvalue weighted by Gasteiger charge is 2.17. The standard InChI is InChI=1S/C24H24N2O2/c1-15(2)17-10-11-19-22(13-17)26(14-16-6-4-7-18(12-16)28-3)21-9-5-8-20(23(19)21)24(25)27/h4-13,15H,14H2,1-3H3,(H2,25,27). The highest BCUT2D eigenvalue weighted by Crippen LogP contribution is 2.34. The molecule has 0 aliphatic rings. The number of rotatable bonds is 5. The van der Waals surface area contributed by atoms with Crippen molar-refractivity contribution in [1.29, 1.82) is 0 Å². The molecule has 0 saturated heterocycles. The molecule has 1 heterocycles. The van der Waals surface area contributed by atoms with Crippen molar-refractivity contribution in [3.63, 3.8) is 0 Å². The molecule has 1 amide bonds. The maximum Gasteiger partial charge on any atom is 0.249 e. The van der Waals surface area contributed by atoms with Crippen LogP contribution in [0.5, 0.6) is 5.75 Å². The van der Waals surface area contributed by atoms with Crippen molar-refractivity contribution in [3.05, 3.63) is 77.4 Å². The van der Waals surface area contributed by atoms with Crippen LogP contribution in [0.15, 0.2) is 60.7 Å². The van der Waals surface area contributed by atoms with Crippen LogP contribution in [0.2, 0.25) is 0 Å². The van der Waals surface area contributed by atoms with E-state index in [-0.39, 0.29) is 0 Å². The van der Waals surface area contributed by atoms with Gasteiger partial charge in [-0.1, -0.05) is 44.2 Å². The molecule has 3 aromatic carbocycles. The highest BCUT2D eigenvalue weighted by molar-refractivity contribution is 6.18. The van der Waals surface area contributed by atoms with E-state index < -0.39 is 5.91 Å². The minimum absolute atomic E-state index is 0.404. The fourth-order valence-electron chi connectivity index (χ4n) is 3.85. The topological polar surface area (TPSA) is 57.2 Å². The summed E-state index contributed by atoms with van der Waals surface area (Å²) in [6.07, 6.45) is 0. The summed E-state index contributed by atoms with van der Waals surface area (Å²) >= 11 is 0. The van der Waals surface area contributed by atoms with E-state index in [0.717, 1.165) is 33.1 Å². The van der Waals surface area contributed by atoms with Crippen LogP contribution in [-0.2, 0) is 6.54 Å². The maximum absolute atomic E-state index is 12.1. The van der Waals surface area contributed by atoms with E-state index >= 15 is 0 Å². The third kappa shape index (κ3) is 3.01. The average molecular weight is 372 g/mol. The van der Waals surface area contributed by atoms with Gasteiger partial charge < -0.3 is 15.0 Å². The molecule has 0 unspecified atom stereocenters. The Morgan fingerprint density at radius 2 is 1.82 bits per heavy atom. The molecule has 4 heteroatoms. The van der Waals surface area contributed by atoms with Crippen LogP contribution in [0.25, 0.3) is 21.8 Å². The summed E-state index contributed by atoms with van der Waals surface area (Å²) in [5.41, 5.74) is 10.8. The van der Waals surface area contributed by atoms with Gasteiger partial charge in [0, 0.05) is 28.4 Å². The average Bonchev–Trinajstić information content (AvgIpc) is 3.01. The molecule has 2 N–H and O–H groups in total. The number of nitrogens with two attached hydrogens (primary N) is 1. The van der Waals surface area contributed by atoms with Crippen molar-refractivity contribution in [2.24, 2.45) is 5.73 Å². The molecule has 0 atom stereocenters. The fraction of sp³-hybridized carbons (Fsp3) is 0.208. The number of amides is 1. The second-order valence-electron chi connectivity index (χ2n) is 7.43. The van der Waals surface area contributed by atoms with Crippen LogP contribution in [-0.4, -0.2) is 17.6 Å². The third-order valence-electron chi connectivity index (χ3n) is 5.32. The molecule has 0 aliphatic carbocycles. The van der Waals surface area contributed by atoms with Gasteiger partial charge in [-0.3, -0.25) is 4.79 Å². The minimum atomic E-state index is -0.404. The van der Waals surface area contributed by atoms with Crippen LogP contribution in [0.3, 0.4) is 0 Å². The predicted molar refractivity (Wildman–Crippen MR) is 114 cm³/mol. The number of ether oxygens (including phenoxy) is 1. The van der Waals surface area contributed by atoms with E-state index in [0.29, 0.717) is 18.0 Å². The maximum atomic E-state index is 12.1. The summed E-state index contributed by atoms with van der Waals surface area (Å²) in [4.78, 5) is 12.1. The molecule has 142 valence electrons. The molecule has 0 aliphatic heterocycles.